The van der Waals surface area contributed by atoms with Crippen LogP contribution in [0, 0.1) is 0 Å². The van der Waals surface area contributed by atoms with Crippen molar-refractivity contribution >= 4 is 28.1 Å². The van der Waals surface area contributed by atoms with E-state index in [1.54, 1.807) is 6.07 Å². The van der Waals surface area contributed by atoms with Gasteiger partial charge in [0.05, 0.1) is 11.3 Å². The summed E-state index contributed by atoms with van der Waals surface area (Å²) in [6.45, 7) is 0. The molecule has 27 heavy (non-hydrogen) atoms. The van der Waals surface area contributed by atoms with E-state index in [2.05, 4.69) is 4.72 Å². The van der Waals surface area contributed by atoms with Gasteiger partial charge in [-0.2, -0.15) is 13.2 Å². The van der Waals surface area contributed by atoms with Crippen molar-refractivity contribution in [3.63, 3.8) is 0 Å². The van der Waals surface area contributed by atoms with Crippen LogP contribution < -0.4 is 10.5 Å². The summed E-state index contributed by atoms with van der Waals surface area (Å²) in [4.78, 5) is -0.0500. The van der Waals surface area contributed by atoms with Crippen molar-refractivity contribution in [3.8, 4) is 0 Å². The van der Waals surface area contributed by atoms with Gasteiger partial charge < -0.3 is 5.73 Å². The molecule has 3 N–H and O–H groups in total. The highest BCUT2D eigenvalue weighted by Crippen LogP contribution is 2.32. The van der Waals surface area contributed by atoms with Crippen molar-refractivity contribution in [2.45, 2.75) is 42.8 Å². The second-order valence-corrected chi connectivity index (χ2v) is 8.17. The Labute approximate surface area is 162 Å². The summed E-state index contributed by atoms with van der Waals surface area (Å²) in [5, 5.41) is 0. The van der Waals surface area contributed by atoms with E-state index in [0.717, 1.165) is 24.0 Å². The molecule has 9 heteroatoms. The summed E-state index contributed by atoms with van der Waals surface area (Å²) in [7, 11) is -3.84. The van der Waals surface area contributed by atoms with E-state index in [1.165, 1.54) is 24.3 Å². The molecule has 0 bridgehead atoms. The van der Waals surface area contributed by atoms with E-state index in [1.807, 2.05) is 12.1 Å². The predicted octanol–water partition coefficient (Wildman–Crippen LogP) is 4.15. The van der Waals surface area contributed by atoms with Crippen LogP contribution in [0.25, 0.3) is 0 Å². The molecule has 1 aliphatic rings. The van der Waals surface area contributed by atoms with E-state index in [-0.39, 0.29) is 28.9 Å². The Morgan fingerprint density at radius 3 is 2.41 bits per heavy atom. The van der Waals surface area contributed by atoms with Gasteiger partial charge in [-0.05, 0) is 60.2 Å². The van der Waals surface area contributed by atoms with Crippen molar-refractivity contribution in [1.82, 2.24) is 4.72 Å². The molecule has 0 saturated carbocycles. The van der Waals surface area contributed by atoms with Crippen LogP contribution in [-0.4, -0.2) is 14.6 Å². The number of nitrogens with one attached hydrogen (secondary N) is 1. The quantitative estimate of drug-likeness (QED) is 0.730. The molecule has 0 aliphatic heterocycles. The number of rotatable bonds is 4. The first-order valence-corrected chi connectivity index (χ1v) is 9.69. The first kappa shape index (κ1) is 21.5. The van der Waals surface area contributed by atoms with Crippen LogP contribution in [0.15, 0.2) is 47.4 Å². The molecule has 0 fully saturated rings. The fourth-order valence-electron chi connectivity index (χ4n) is 3.23. The molecular formula is C18H20ClF3N2O2S. The number of nitrogen functional groups attached to an aromatic ring is 1. The Bertz CT molecular complexity index is 900. The van der Waals surface area contributed by atoms with Crippen LogP contribution in [0.2, 0.25) is 0 Å². The number of aryl methyl sites for hydroxylation is 1. The minimum absolute atomic E-state index is 0. The number of nitrogens with two attached hydrogens (primary N) is 1. The maximum absolute atomic E-state index is 12.6. The Hall–Kier alpha value is -1.77. The summed E-state index contributed by atoms with van der Waals surface area (Å²) in [6.07, 6.45) is -3.09. The van der Waals surface area contributed by atoms with Gasteiger partial charge in [0.15, 0.2) is 0 Å². The van der Waals surface area contributed by atoms with Crippen molar-refractivity contribution in [2.75, 3.05) is 5.73 Å². The Kier molecular flexibility index (Phi) is 6.44. The van der Waals surface area contributed by atoms with Crippen molar-refractivity contribution in [2.24, 2.45) is 0 Å². The summed E-state index contributed by atoms with van der Waals surface area (Å²) in [6, 6.07) is 9.82. The van der Waals surface area contributed by atoms with Gasteiger partial charge in [0.1, 0.15) is 0 Å². The highest BCUT2D eigenvalue weighted by molar-refractivity contribution is 7.89. The van der Waals surface area contributed by atoms with E-state index >= 15 is 0 Å². The normalized spacial score (nSPS) is 17.1. The number of hydrogen-bond acceptors (Lipinski definition) is 3. The molecule has 0 amide bonds. The highest BCUT2D eigenvalue weighted by Gasteiger charge is 2.28. The van der Waals surface area contributed by atoms with Gasteiger partial charge in [-0.15, -0.1) is 12.4 Å². The summed E-state index contributed by atoms with van der Waals surface area (Å²) < 4.78 is 65.1. The third kappa shape index (κ3) is 5.37. The topological polar surface area (TPSA) is 72.2 Å². The zero-order valence-corrected chi connectivity index (χ0v) is 15.9. The van der Waals surface area contributed by atoms with Gasteiger partial charge in [0.2, 0.25) is 10.0 Å². The lowest BCUT2D eigenvalue weighted by atomic mass is 9.88. The second-order valence-electron chi connectivity index (χ2n) is 6.46. The molecule has 0 saturated heterocycles. The SMILES string of the molecule is Cl.Nc1ccc2c(c1)CCCC2NS(=O)(=O)c1ccc(CC(F)(F)F)cc1. The van der Waals surface area contributed by atoms with E-state index in [0.29, 0.717) is 12.1 Å². The van der Waals surface area contributed by atoms with Crippen LogP contribution >= 0.6 is 12.4 Å². The van der Waals surface area contributed by atoms with Crippen molar-refractivity contribution in [1.29, 1.82) is 0 Å². The number of anilines is 1. The molecule has 4 nitrogen and oxygen atoms in total. The molecule has 2 aromatic rings. The Morgan fingerprint density at radius 2 is 1.78 bits per heavy atom. The smallest absolute Gasteiger partial charge is 0.393 e. The lowest BCUT2D eigenvalue weighted by molar-refractivity contribution is -0.127. The van der Waals surface area contributed by atoms with Gasteiger partial charge in [0.25, 0.3) is 0 Å². The fourth-order valence-corrected chi connectivity index (χ4v) is 4.48. The molecule has 0 heterocycles. The van der Waals surface area contributed by atoms with Gasteiger partial charge in [0, 0.05) is 11.7 Å². The largest absolute Gasteiger partial charge is 0.399 e. The molecule has 0 radical (unpaired) electrons. The lowest BCUT2D eigenvalue weighted by Crippen LogP contribution is -2.31. The van der Waals surface area contributed by atoms with Gasteiger partial charge >= 0.3 is 6.18 Å². The Balaban J connectivity index is 0.00000261. The van der Waals surface area contributed by atoms with Crippen molar-refractivity contribution < 1.29 is 21.6 Å². The number of alkyl halides is 3. The van der Waals surface area contributed by atoms with Crippen LogP contribution in [0.4, 0.5) is 18.9 Å². The average Bonchev–Trinajstić information content (AvgIpc) is 2.53. The molecule has 0 spiro atoms. The molecule has 148 valence electrons. The van der Waals surface area contributed by atoms with Crippen LogP contribution in [0.1, 0.15) is 35.6 Å². The Morgan fingerprint density at radius 1 is 1.11 bits per heavy atom. The summed E-state index contributed by atoms with van der Waals surface area (Å²) in [5.41, 5.74) is 8.35. The van der Waals surface area contributed by atoms with Gasteiger partial charge in [-0.25, -0.2) is 13.1 Å². The number of sulfonamides is 1. The highest BCUT2D eigenvalue weighted by atomic mass is 35.5. The second kappa shape index (κ2) is 8.08. The average molecular weight is 421 g/mol. The summed E-state index contributed by atoms with van der Waals surface area (Å²) >= 11 is 0. The number of hydrogen-bond donors (Lipinski definition) is 2. The third-order valence-corrected chi connectivity index (χ3v) is 5.90. The molecule has 1 atom stereocenters. The van der Waals surface area contributed by atoms with E-state index in [9.17, 15) is 21.6 Å². The summed E-state index contributed by atoms with van der Waals surface area (Å²) in [5.74, 6) is 0. The first-order valence-electron chi connectivity index (χ1n) is 8.20. The zero-order chi connectivity index (χ0) is 18.9. The zero-order valence-electron chi connectivity index (χ0n) is 14.3. The van der Waals surface area contributed by atoms with E-state index in [4.69, 9.17) is 5.73 Å². The number of fused-ring (bicyclic) bond motifs is 1. The lowest BCUT2D eigenvalue weighted by Gasteiger charge is -2.26. The van der Waals surface area contributed by atoms with Crippen LogP contribution in [-0.2, 0) is 22.9 Å². The van der Waals surface area contributed by atoms with Gasteiger partial charge in [-0.3, -0.25) is 0 Å². The maximum atomic E-state index is 12.6. The molecule has 0 aromatic heterocycles. The third-order valence-electron chi connectivity index (χ3n) is 4.42. The molecule has 2 aromatic carbocycles. The molecule has 1 aliphatic carbocycles. The number of halogens is 4. The number of benzene rings is 2. The standard InChI is InChI=1S/C18H19F3N2O2S.ClH/c19-18(20,21)11-12-4-7-15(8-5-12)26(24,25)23-17-3-1-2-13-10-14(22)6-9-16(13)17;/h4-10,17,23H,1-3,11,22H2;1H. The van der Waals surface area contributed by atoms with Crippen LogP contribution in [0.3, 0.4) is 0 Å². The van der Waals surface area contributed by atoms with E-state index < -0.39 is 22.6 Å². The molecular weight excluding hydrogens is 401 g/mol. The fraction of sp³-hybridized carbons (Fsp3) is 0.333. The molecule has 1 unspecified atom stereocenters. The van der Waals surface area contributed by atoms with Gasteiger partial charge in [-0.1, -0.05) is 18.2 Å². The maximum Gasteiger partial charge on any atom is 0.393 e. The first-order chi connectivity index (χ1) is 12.1. The van der Waals surface area contributed by atoms with Crippen molar-refractivity contribution in [3.05, 3.63) is 59.2 Å². The minimum atomic E-state index is -4.33. The molecule has 3 rings (SSSR count). The van der Waals surface area contributed by atoms with Crippen LogP contribution in [0.5, 0.6) is 0 Å². The minimum Gasteiger partial charge on any atom is -0.399 e. The predicted molar refractivity (Wildman–Crippen MR) is 100 cm³/mol. The monoisotopic (exact) mass is 420 g/mol.